The second-order valence-electron chi connectivity index (χ2n) is 3.67. The van der Waals surface area contributed by atoms with Gasteiger partial charge in [-0.15, -0.1) is 0 Å². The molecule has 2 N–H and O–H groups in total. The zero-order valence-electron chi connectivity index (χ0n) is 8.04. The van der Waals surface area contributed by atoms with Crippen molar-refractivity contribution in [3.8, 4) is 0 Å². The summed E-state index contributed by atoms with van der Waals surface area (Å²) < 4.78 is 1.81. The van der Waals surface area contributed by atoms with Crippen LogP contribution in [-0.4, -0.2) is 15.3 Å². The van der Waals surface area contributed by atoms with Crippen LogP contribution in [0.3, 0.4) is 0 Å². The van der Waals surface area contributed by atoms with Crippen LogP contribution in [0.1, 0.15) is 26.0 Å². The zero-order valence-corrected chi connectivity index (χ0v) is 8.04. The normalized spacial score (nSPS) is 16.0. The predicted molar refractivity (Wildman–Crippen MR) is 49.8 cm³/mol. The van der Waals surface area contributed by atoms with Gasteiger partial charge in [0.2, 0.25) is 0 Å². The van der Waals surface area contributed by atoms with Crippen molar-refractivity contribution in [2.75, 3.05) is 0 Å². The lowest BCUT2D eigenvalue weighted by molar-refractivity contribution is 0.443. The second kappa shape index (κ2) is 3.27. The molecule has 1 atom stereocenters. The van der Waals surface area contributed by atoms with E-state index in [1.54, 1.807) is 4.68 Å². The molecule has 68 valence electrons. The highest BCUT2D eigenvalue weighted by molar-refractivity contribution is 5.03. The van der Waals surface area contributed by atoms with Gasteiger partial charge in [-0.1, -0.05) is 6.92 Å². The van der Waals surface area contributed by atoms with Gasteiger partial charge in [-0.3, -0.25) is 4.68 Å². The van der Waals surface area contributed by atoms with Crippen LogP contribution in [0.2, 0.25) is 0 Å². The van der Waals surface area contributed by atoms with Crippen molar-refractivity contribution in [2.24, 2.45) is 12.8 Å². The maximum Gasteiger partial charge on any atom is 0.0642 e. The number of hydrogen-bond donors (Lipinski definition) is 1. The first-order valence-corrected chi connectivity index (χ1v) is 4.31. The zero-order chi connectivity index (χ0) is 9.19. The van der Waals surface area contributed by atoms with Crippen molar-refractivity contribution >= 4 is 0 Å². The van der Waals surface area contributed by atoms with Crippen LogP contribution in [0, 0.1) is 0 Å². The standard InChI is InChI=1S/C9H17N3/c1-4-9(2,10)7-8-5-6-12(3)11-8/h5-6H,4,7,10H2,1-3H3. The summed E-state index contributed by atoms with van der Waals surface area (Å²) in [5.74, 6) is 0. The molecule has 0 bridgehead atoms. The fourth-order valence-electron chi connectivity index (χ4n) is 1.10. The summed E-state index contributed by atoms with van der Waals surface area (Å²) in [7, 11) is 1.92. The topological polar surface area (TPSA) is 43.8 Å². The minimum atomic E-state index is -0.117. The third-order valence-corrected chi connectivity index (χ3v) is 2.16. The third kappa shape index (κ3) is 2.34. The highest BCUT2D eigenvalue weighted by Gasteiger charge is 2.17. The molecule has 12 heavy (non-hydrogen) atoms. The molecule has 0 radical (unpaired) electrons. The Hall–Kier alpha value is -0.830. The number of rotatable bonds is 3. The van der Waals surface area contributed by atoms with Crippen LogP contribution < -0.4 is 5.73 Å². The van der Waals surface area contributed by atoms with Gasteiger partial charge in [0.25, 0.3) is 0 Å². The van der Waals surface area contributed by atoms with Gasteiger partial charge in [0.05, 0.1) is 5.69 Å². The van der Waals surface area contributed by atoms with Gasteiger partial charge in [0.15, 0.2) is 0 Å². The van der Waals surface area contributed by atoms with Gasteiger partial charge in [0, 0.05) is 25.2 Å². The Morgan fingerprint density at radius 1 is 1.67 bits per heavy atom. The highest BCUT2D eigenvalue weighted by atomic mass is 15.2. The van der Waals surface area contributed by atoms with E-state index in [1.165, 1.54) is 0 Å². The Morgan fingerprint density at radius 2 is 2.33 bits per heavy atom. The molecule has 0 saturated carbocycles. The van der Waals surface area contributed by atoms with Crippen molar-refractivity contribution in [1.29, 1.82) is 0 Å². The van der Waals surface area contributed by atoms with E-state index in [1.807, 2.05) is 19.3 Å². The van der Waals surface area contributed by atoms with Crippen LogP contribution in [0.4, 0.5) is 0 Å². The SMILES string of the molecule is CCC(C)(N)Cc1ccn(C)n1. The number of aromatic nitrogens is 2. The van der Waals surface area contributed by atoms with Gasteiger partial charge in [-0.05, 0) is 19.4 Å². The molecule has 0 aliphatic rings. The van der Waals surface area contributed by atoms with Gasteiger partial charge in [-0.25, -0.2) is 0 Å². The fraction of sp³-hybridized carbons (Fsp3) is 0.667. The van der Waals surface area contributed by atoms with Gasteiger partial charge >= 0.3 is 0 Å². The van der Waals surface area contributed by atoms with Crippen LogP contribution >= 0.6 is 0 Å². The molecule has 0 aromatic carbocycles. The molecule has 1 aromatic heterocycles. The Labute approximate surface area is 73.6 Å². The molecule has 1 aromatic rings. The smallest absolute Gasteiger partial charge is 0.0642 e. The molecule has 0 saturated heterocycles. The molecular formula is C9H17N3. The van der Waals surface area contributed by atoms with Crippen molar-refractivity contribution in [1.82, 2.24) is 9.78 Å². The number of aryl methyl sites for hydroxylation is 1. The van der Waals surface area contributed by atoms with E-state index >= 15 is 0 Å². The first-order chi connectivity index (χ1) is 5.53. The predicted octanol–water partition coefficient (Wildman–Crippen LogP) is 1.09. The van der Waals surface area contributed by atoms with Crippen LogP contribution in [0.25, 0.3) is 0 Å². The monoisotopic (exact) mass is 167 g/mol. The average molecular weight is 167 g/mol. The molecule has 0 aliphatic heterocycles. The van der Waals surface area contributed by atoms with E-state index in [0.29, 0.717) is 0 Å². The Bertz CT molecular complexity index is 250. The summed E-state index contributed by atoms with van der Waals surface area (Å²) >= 11 is 0. The molecular weight excluding hydrogens is 150 g/mol. The Balaban J connectivity index is 2.63. The largest absolute Gasteiger partial charge is 0.325 e. The fourth-order valence-corrected chi connectivity index (χ4v) is 1.10. The molecule has 0 amide bonds. The minimum Gasteiger partial charge on any atom is -0.325 e. The van der Waals surface area contributed by atoms with E-state index in [4.69, 9.17) is 5.73 Å². The summed E-state index contributed by atoms with van der Waals surface area (Å²) in [6, 6.07) is 2.01. The lowest BCUT2D eigenvalue weighted by atomic mass is 9.94. The summed E-state index contributed by atoms with van der Waals surface area (Å²) in [6.45, 7) is 4.16. The minimum absolute atomic E-state index is 0.117. The van der Waals surface area contributed by atoms with E-state index < -0.39 is 0 Å². The average Bonchev–Trinajstić information content (AvgIpc) is 2.35. The number of hydrogen-bond acceptors (Lipinski definition) is 2. The number of nitrogens with two attached hydrogens (primary N) is 1. The molecule has 0 aliphatic carbocycles. The maximum atomic E-state index is 6.01. The van der Waals surface area contributed by atoms with E-state index in [0.717, 1.165) is 18.5 Å². The summed E-state index contributed by atoms with van der Waals surface area (Å²) in [5, 5.41) is 4.28. The van der Waals surface area contributed by atoms with Crippen molar-refractivity contribution in [3.05, 3.63) is 18.0 Å². The van der Waals surface area contributed by atoms with Crippen LogP contribution in [0.15, 0.2) is 12.3 Å². The van der Waals surface area contributed by atoms with Crippen LogP contribution in [-0.2, 0) is 13.5 Å². The van der Waals surface area contributed by atoms with Crippen LogP contribution in [0.5, 0.6) is 0 Å². The van der Waals surface area contributed by atoms with Crippen molar-refractivity contribution in [3.63, 3.8) is 0 Å². The lowest BCUT2D eigenvalue weighted by Crippen LogP contribution is -2.37. The van der Waals surface area contributed by atoms with E-state index in [-0.39, 0.29) is 5.54 Å². The lowest BCUT2D eigenvalue weighted by Gasteiger charge is -2.20. The summed E-state index contributed by atoms with van der Waals surface area (Å²) in [4.78, 5) is 0. The molecule has 3 heteroatoms. The van der Waals surface area contributed by atoms with Gasteiger partial charge < -0.3 is 5.73 Å². The first-order valence-electron chi connectivity index (χ1n) is 4.31. The highest BCUT2D eigenvalue weighted by Crippen LogP contribution is 2.11. The second-order valence-corrected chi connectivity index (χ2v) is 3.67. The molecule has 1 heterocycles. The number of nitrogens with zero attached hydrogens (tertiary/aromatic N) is 2. The van der Waals surface area contributed by atoms with Crippen molar-refractivity contribution in [2.45, 2.75) is 32.2 Å². The van der Waals surface area contributed by atoms with E-state index in [9.17, 15) is 0 Å². The Morgan fingerprint density at radius 3 is 2.75 bits per heavy atom. The maximum absolute atomic E-state index is 6.01. The Kier molecular flexibility index (Phi) is 2.52. The first kappa shape index (κ1) is 9.26. The molecule has 1 unspecified atom stereocenters. The van der Waals surface area contributed by atoms with E-state index in [2.05, 4.69) is 18.9 Å². The summed E-state index contributed by atoms with van der Waals surface area (Å²) in [5.41, 5.74) is 6.96. The van der Waals surface area contributed by atoms with Crippen molar-refractivity contribution < 1.29 is 0 Å². The quantitative estimate of drug-likeness (QED) is 0.732. The molecule has 3 nitrogen and oxygen atoms in total. The van der Waals surface area contributed by atoms with Gasteiger partial charge in [0.1, 0.15) is 0 Å². The third-order valence-electron chi connectivity index (χ3n) is 2.16. The molecule has 0 fully saturated rings. The molecule has 0 spiro atoms. The summed E-state index contributed by atoms with van der Waals surface area (Å²) in [6.07, 6.45) is 3.77. The van der Waals surface area contributed by atoms with Gasteiger partial charge in [-0.2, -0.15) is 5.10 Å². The molecule has 1 rings (SSSR count).